The molecule has 4 N–H and O–H groups in total. The number of unbranched alkanes of at least 4 members (excludes halogenated alkanes) is 24. The fraction of sp³-hybridized carbons (Fsp3) is 0.909. The average Bonchev–Trinajstić information content (AvgIpc) is 3.17. The summed E-state index contributed by atoms with van der Waals surface area (Å²) >= 11 is 0. The predicted molar refractivity (Wildman–Crippen MR) is 224 cm³/mol. The normalized spacial score (nSPS) is 20.6. The lowest BCUT2D eigenvalue weighted by Gasteiger charge is -2.40. The van der Waals surface area contributed by atoms with Crippen molar-refractivity contribution < 1.29 is 56.8 Å². The van der Waals surface area contributed by atoms with Crippen LogP contribution in [-0.4, -0.2) is 96.0 Å². The monoisotopic (exact) mass is 835 g/mol. The Morgan fingerprint density at radius 2 is 1.00 bits per heavy atom. The minimum absolute atomic E-state index is 0.167. The molecule has 0 saturated carbocycles. The minimum Gasteiger partial charge on any atom is -0.462 e. The van der Waals surface area contributed by atoms with Crippen molar-refractivity contribution in [1.29, 1.82) is 0 Å². The van der Waals surface area contributed by atoms with E-state index in [0.29, 0.717) is 12.8 Å². The predicted octanol–water partition coefficient (Wildman–Crippen LogP) is 9.06. The Bertz CT molecular complexity index is 1120. The molecule has 336 valence electrons. The van der Waals surface area contributed by atoms with Gasteiger partial charge in [-0.1, -0.05) is 161 Å². The molecule has 1 heterocycles. The zero-order valence-corrected chi connectivity index (χ0v) is 36.5. The van der Waals surface area contributed by atoms with Gasteiger partial charge in [-0.3, -0.25) is 14.1 Å². The first-order valence-corrected chi connectivity index (χ1v) is 24.4. The molecule has 1 saturated heterocycles. The molecule has 1 rings (SSSR count). The molecule has 0 amide bonds. The number of rotatable bonds is 38. The van der Waals surface area contributed by atoms with Gasteiger partial charge in [-0.05, 0) is 38.5 Å². The minimum atomic E-state index is -4.60. The first kappa shape index (κ1) is 53.4. The van der Waals surface area contributed by atoms with Crippen molar-refractivity contribution in [2.24, 2.45) is 0 Å². The van der Waals surface area contributed by atoms with E-state index in [4.69, 9.17) is 18.9 Å². The van der Waals surface area contributed by atoms with Gasteiger partial charge in [0.1, 0.15) is 36.8 Å². The zero-order valence-electron chi connectivity index (χ0n) is 35.7. The van der Waals surface area contributed by atoms with Crippen molar-refractivity contribution in [3.63, 3.8) is 0 Å². The molecule has 0 aromatic carbocycles. The SMILES string of the molecule is CCCCCCCC/C=C/CCCCCC(=O)OC[C@H](CO[C@H]1O[C@H](CS(=O)(=O)O)[C@@H](O)C(O)C1O)OC(=O)CCCCCCCCCCCCCCCCCC. The second kappa shape index (κ2) is 35.2. The molecule has 2 unspecified atom stereocenters. The Hall–Kier alpha value is -1.61. The quantitative estimate of drug-likeness (QED) is 0.0200. The molecule has 6 atom stereocenters. The van der Waals surface area contributed by atoms with Crippen molar-refractivity contribution in [2.45, 2.75) is 237 Å². The van der Waals surface area contributed by atoms with E-state index in [1.807, 2.05) is 0 Å². The van der Waals surface area contributed by atoms with Crippen molar-refractivity contribution in [1.82, 2.24) is 0 Å². The second-order valence-corrected chi connectivity index (χ2v) is 17.6. The molecular weight excluding hydrogens is 753 g/mol. The lowest BCUT2D eigenvalue weighted by molar-refractivity contribution is -0.297. The second-order valence-electron chi connectivity index (χ2n) is 16.1. The van der Waals surface area contributed by atoms with Crippen LogP contribution < -0.4 is 0 Å². The van der Waals surface area contributed by atoms with Gasteiger partial charge < -0.3 is 34.3 Å². The molecule has 1 aliphatic heterocycles. The van der Waals surface area contributed by atoms with Crippen LogP contribution >= 0.6 is 0 Å². The molecule has 0 spiro atoms. The Kier molecular flexibility index (Phi) is 33.0. The number of esters is 2. The molecular formula is C44H82O12S. The van der Waals surface area contributed by atoms with Crippen LogP contribution in [0.5, 0.6) is 0 Å². The summed E-state index contributed by atoms with van der Waals surface area (Å²) in [7, 11) is -4.60. The molecule has 0 aliphatic carbocycles. The molecule has 12 nitrogen and oxygen atoms in total. The fourth-order valence-electron chi connectivity index (χ4n) is 7.02. The number of aliphatic hydroxyl groups is 3. The molecule has 1 aliphatic rings. The highest BCUT2D eigenvalue weighted by atomic mass is 32.2. The molecule has 13 heteroatoms. The van der Waals surface area contributed by atoms with Gasteiger partial charge in [-0.2, -0.15) is 8.42 Å². The van der Waals surface area contributed by atoms with Gasteiger partial charge in [0, 0.05) is 12.8 Å². The highest BCUT2D eigenvalue weighted by molar-refractivity contribution is 7.85. The van der Waals surface area contributed by atoms with E-state index in [2.05, 4.69) is 26.0 Å². The zero-order chi connectivity index (χ0) is 42.0. The molecule has 0 aromatic heterocycles. The highest BCUT2D eigenvalue weighted by Gasteiger charge is 2.46. The summed E-state index contributed by atoms with van der Waals surface area (Å²) in [5.41, 5.74) is 0. The van der Waals surface area contributed by atoms with Gasteiger partial charge >= 0.3 is 11.9 Å². The standard InChI is InChI=1S/C44H82O12S/c1-3-5-7-9-11-13-15-17-18-19-21-23-25-27-29-31-33-40(46)55-37(35-54-44-43(49)42(48)41(47)38(56-44)36-57(50,51)52)34-53-39(45)32-30-28-26-24-22-20-16-14-12-10-8-6-4-2/h20,22,37-38,41-44,47-49H,3-19,21,23-36H2,1-2H3,(H,50,51,52)/b22-20+/t37-,38-,41-,42?,43?,44+/m1/s1. The molecule has 1 fully saturated rings. The molecule has 0 bridgehead atoms. The maximum absolute atomic E-state index is 12.8. The van der Waals surface area contributed by atoms with E-state index in [9.17, 15) is 37.9 Å². The molecule has 0 radical (unpaired) electrons. The molecule has 0 aromatic rings. The van der Waals surface area contributed by atoms with E-state index in [1.165, 1.54) is 116 Å². The maximum atomic E-state index is 12.8. The van der Waals surface area contributed by atoms with E-state index in [0.717, 1.165) is 44.9 Å². The van der Waals surface area contributed by atoms with Gasteiger partial charge in [0.15, 0.2) is 12.4 Å². The van der Waals surface area contributed by atoms with Gasteiger partial charge in [0.05, 0.1) is 6.61 Å². The summed E-state index contributed by atoms with van der Waals surface area (Å²) in [5.74, 6) is -1.99. The van der Waals surface area contributed by atoms with Crippen molar-refractivity contribution in [3.8, 4) is 0 Å². The number of ether oxygens (including phenoxy) is 4. The van der Waals surface area contributed by atoms with Crippen molar-refractivity contribution in [3.05, 3.63) is 12.2 Å². The average molecular weight is 835 g/mol. The van der Waals surface area contributed by atoms with E-state index in [-0.39, 0.29) is 19.4 Å². The third kappa shape index (κ3) is 30.1. The van der Waals surface area contributed by atoms with Gasteiger partial charge in [0.2, 0.25) is 0 Å². The number of aliphatic hydroxyl groups excluding tert-OH is 3. The van der Waals surface area contributed by atoms with Crippen LogP contribution in [0, 0.1) is 0 Å². The first-order valence-electron chi connectivity index (χ1n) is 22.7. The van der Waals surface area contributed by atoms with Crippen molar-refractivity contribution in [2.75, 3.05) is 19.0 Å². The molecule has 57 heavy (non-hydrogen) atoms. The van der Waals surface area contributed by atoms with Gasteiger partial charge in [-0.15, -0.1) is 0 Å². The third-order valence-electron chi connectivity index (χ3n) is 10.6. The fourth-order valence-corrected chi connectivity index (χ4v) is 7.72. The van der Waals surface area contributed by atoms with Crippen LogP contribution in [0.1, 0.15) is 200 Å². The lowest BCUT2D eigenvalue weighted by atomic mass is 10.00. The van der Waals surface area contributed by atoms with Crippen molar-refractivity contribution >= 4 is 22.1 Å². The highest BCUT2D eigenvalue weighted by Crippen LogP contribution is 2.24. The van der Waals surface area contributed by atoms with E-state index >= 15 is 0 Å². The van der Waals surface area contributed by atoms with Crippen LogP contribution in [0.25, 0.3) is 0 Å². The number of carbonyl (C=O) groups excluding carboxylic acids is 2. The van der Waals surface area contributed by atoms with E-state index < -0.39 is 71.2 Å². The number of carbonyl (C=O) groups is 2. The van der Waals surface area contributed by atoms with Gasteiger partial charge in [0.25, 0.3) is 10.1 Å². The van der Waals surface area contributed by atoms with Crippen LogP contribution in [0.15, 0.2) is 12.2 Å². The lowest BCUT2D eigenvalue weighted by Crippen LogP contribution is -2.60. The Labute approximate surface area is 346 Å². The largest absolute Gasteiger partial charge is 0.462 e. The topological polar surface area (TPSA) is 186 Å². The summed E-state index contributed by atoms with van der Waals surface area (Å²) in [6, 6.07) is 0. The summed E-state index contributed by atoms with van der Waals surface area (Å²) < 4.78 is 54.0. The Morgan fingerprint density at radius 1 is 0.579 bits per heavy atom. The summed E-state index contributed by atoms with van der Waals surface area (Å²) in [5, 5.41) is 30.9. The van der Waals surface area contributed by atoms with Gasteiger partial charge in [-0.25, -0.2) is 0 Å². The first-order chi connectivity index (χ1) is 27.5. The summed E-state index contributed by atoms with van der Waals surface area (Å²) in [6.45, 7) is 3.75. The summed E-state index contributed by atoms with van der Waals surface area (Å²) in [6.07, 6.45) is 26.9. The Balaban J connectivity index is 2.45. The smallest absolute Gasteiger partial charge is 0.306 e. The van der Waals surface area contributed by atoms with Crippen LogP contribution in [-0.2, 0) is 38.7 Å². The Morgan fingerprint density at radius 3 is 1.47 bits per heavy atom. The number of allylic oxidation sites excluding steroid dienone is 2. The van der Waals surface area contributed by atoms with Crippen LogP contribution in [0.3, 0.4) is 0 Å². The van der Waals surface area contributed by atoms with Crippen LogP contribution in [0.2, 0.25) is 0 Å². The third-order valence-corrected chi connectivity index (χ3v) is 11.3. The number of hydrogen-bond acceptors (Lipinski definition) is 11. The summed E-state index contributed by atoms with van der Waals surface area (Å²) in [4.78, 5) is 25.4. The number of hydrogen-bond donors (Lipinski definition) is 4. The maximum Gasteiger partial charge on any atom is 0.306 e. The van der Waals surface area contributed by atoms with E-state index in [1.54, 1.807) is 0 Å². The van der Waals surface area contributed by atoms with Crippen LogP contribution in [0.4, 0.5) is 0 Å².